The van der Waals surface area contributed by atoms with Crippen LogP contribution >= 0.6 is 0 Å². The molecule has 3 aromatic rings. The van der Waals surface area contributed by atoms with E-state index in [2.05, 4.69) is 71.7 Å². The monoisotopic (exact) mass is 401 g/mol. The predicted molar refractivity (Wildman–Crippen MR) is 123 cm³/mol. The largest absolute Gasteiger partial charge is 0.316 e. The molecule has 2 fully saturated rings. The van der Waals surface area contributed by atoms with Gasteiger partial charge in [0.25, 0.3) is 0 Å². The minimum atomic E-state index is -0.00589. The minimum absolute atomic E-state index is 0.00589. The first-order valence-electron chi connectivity index (χ1n) is 11.1. The molecule has 0 spiro atoms. The quantitative estimate of drug-likeness (QED) is 0.711. The summed E-state index contributed by atoms with van der Waals surface area (Å²) in [4.78, 5) is 14.9. The molecule has 156 valence electrons. The summed E-state index contributed by atoms with van der Waals surface area (Å²) in [6, 6.07) is 17.8. The molecule has 2 aliphatic heterocycles. The van der Waals surface area contributed by atoms with Gasteiger partial charge in [0.15, 0.2) is 0 Å². The van der Waals surface area contributed by atoms with Gasteiger partial charge in [0.1, 0.15) is 5.82 Å². The molecule has 2 saturated heterocycles. The summed E-state index contributed by atoms with van der Waals surface area (Å²) in [5, 5.41) is 6.10. The molecule has 2 aliphatic rings. The molecule has 0 bridgehead atoms. The van der Waals surface area contributed by atoms with Crippen LogP contribution in [0.25, 0.3) is 22.0 Å². The van der Waals surface area contributed by atoms with E-state index < -0.39 is 0 Å². The van der Waals surface area contributed by atoms with Crippen LogP contribution in [0.2, 0.25) is 0 Å². The molecule has 5 rings (SSSR count). The van der Waals surface area contributed by atoms with E-state index in [0.29, 0.717) is 6.04 Å². The van der Waals surface area contributed by atoms with Crippen LogP contribution in [0.5, 0.6) is 0 Å². The normalized spacial score (nSPS) is 24.8. The summed E-state index contributed by atoms with van der Waals surface area (Å²) in [6.45, 7) is 5.32. The van der Waals surface area contributed by atoms with Crippen molar-refractivity contribution in [3.8, 4) is 11.3 Å². The molecule has 5 heteroatoms. The van der Waals surface area contributed by atoms with Gasteiger partial charge in [0, 0.05) is 37.4 Å². The zero-order valence-electron chi connectivity index (χ0n) is 18.0. The summed E-state index contributed by atoms with van der Waals surface area (Å²) in [5.74, 6) is 0.992. The maximum absolute atomic E-state index is 5.11. The Morgan fingerprint density at radius 1 is 1.13 bits per heavy atom. The molecule has 1 aromatic heterocycles. The maximum Gasteiger partial charge on any atom is 0.137 e. The van der Waals surface area contributed by atoms with Gasteiger partial charge in [0.2, 0.25) is 0 Å². The Kier molecular flexibility index (Phi) is 5.27. The number of aromatic nitrogens is 2. The van der Waals surface area contributed by atoms with Crippen LogP contribution in [0.3, 0.4) is 0 Å². The Bertz CT molecular complexity index is 1020. The first kappa shape index (κ1) is 19.6. The van der Waals surface area contributed by atoms with E-state index in [-0.39, 0.29) is 5.41 Å². The summed E-state index contributed by atoms with van der Waals surface area (Å²) in [6.07, 6.45) is 4.28. The van der Waals surface area contributed by atoms with Crippen molar-refractivity contribution >= 4 is 10.8 Å². The highest BCUT2D eigenvalue weighted by Gasteiger charge is 2.41. The number of likely N-dealkylation sites (N-methyl/N-ethyl adjacent to an activating group) is 1. The molecule has 2 aromatic carbocycles. The van der Waals surface area contributed by atoms with E-state index in [4.69, 9.17) is 9.97 Å². The molecule has 5 nitrogen and oxygen atoms in total. The van der Waals surface area contributed by atoms with Gasteiger partial charge in [-0.25, -0.2) is 9.97 Å². The third kappa shape index (κ3) is 3.73. The van der Waals surface area contributed by atoms with E-state index in [9.17, 15) is 0 Å². The van der Waals surface area contributed by atoms with Gasteiger partial charge < -0.3 is 15.1 Å². The lowest BCUT2D eigenvalue weighted by Gasteiger charge is -2.32. The number of fused-ring (bicyclic) bond motifs is 1. The third-order valence-corrected chi connectivity index (χ3v) is 6.92. The molecule has 0 unspecified atom stereocenters. The Labute approximate surface area is 179 Å². The topological polar surface area (TPSA) is 44.3 Å². The highest BCUT2D eigenvalue weighted by molar-refractivity contribution is 5.86. The highest BCUT2D eigenvalue weighted by atomic mass is 15.2. The van der Waals surface area contributed by atoms with Crippen molar-refractivity contribution in [2.24, 2.45) is 0 Å². The number of nitrogens with one attached hydrogen (secondary N) is 1. The van der Waals surface area contributed by atoms with Crippen molar-refractivity contribution in [3.05, 3.63) is 60.6 Å². The Hall–Kier alpha value is -2.34. The number of likely N-dealkylation sites (tertiary alicyclic amines) is 1. The fourth-order valence-corrected chi connectivity index (χ4v) is 5.07. The summed E-state index contributed by atoms with van der Waals surface area (Å²) >= 11 is 0. The van der Waals surface area contributed by atoms with Gasteiger partial charge >= 0.3 is 0 Å². The van der Waals surface area contributed by atoms with Crippen molar-refractivity contribution in [2.75, 3.05) is 46.8 Å². The molecule has 0 saturated carbocycles. The first-order valence-corrected chi connectivity index (χ1v) is 11.1. The Balaban J connectivity index is 1.44. The van der Waals surface area contributed by atoms with Crippen molar-refractivity contribution in [3.63, 3.8) is 0 Å². The Morgan fingerprint density at radius 3 is 2.77 bits per heavy atom. The van der Waals surface area contributed by atoms with Gasteiger partial charge in [-0.3, -0.25) is 0 Å². The second kappa shape index (κ2) is 8.06. The molecule has 0 radical (unpaired) electrons. The second-order valence-electron chi connectivity index (χ2n) is 9.18. The van der Waals surface area contributed by atoms with Crippen LogP contribution in [0.1, 0.15) is 18.7 Å². The van der Waals surface area contributed by atoms with Crippen molar-refractivity contribution in [2.45, 2.75) is 24.3 Å². The van der Waals surface area contributed by atoms with Crippen LogP contribution in [-0.2, 0) is 5.41 Å². The average molecular weight is 402 g/mol. The van der Waals surface area contributed by atoms with Crippen LogP contribution < -0.4 is 5.32 Å². The standard InChI is InChI=1S/C25H31N5/c1-29(2)22-10-14-30(16-22)18-25(11-13-26-17-25)24-27-12-9-23(28-24)21-8-7-19-5-3-4-6-20(19)15-21/h3-9,12,15,22,26H,10-11,13-14,16-18H2,1-2H3/t22-,25+/m0/s1. The molecule has 30 heavy (non-hydrogen) atoms. The lowest BCUT2D eigenvalue weighted by molar-refractivity contribution is 0.223. The van der Waals surface area contributed by atoms with E-state index >= 15 is 0 Å². The summed E-state index contributed by atoms with van der Waals surface area (Å²) in [5.41, 5.74) is 2.17. The lowest BCUT2D eigenvalue weighted by atomic mass is 9.85. The van der Waals surface area contributed by atoms with Gasteiger partial charge in [-0.05, 0) is 62.9 Å². The van der Waals surface area contributed by atoms with Crippen molar-refractivity contribution < 1.29 is 0 Å². The Morgan fingerprint density at radius 2 is 2.00 bits per heavy atom. The molecule has 1 N–H and O–H groups in total. The smallest absolute Gasteiger partial charge is 0.137 e. The van der Waals surface area contributed by atoms with Crippen molar-refractivity contribution in [1.29, 1.82) is 0 Å². The third-order valence-electron chi connectivity index (χ3n) is 6.92. The fraction of sp³-hybridized carbons (Fsp3) is 0.440. The van der Waals surface area contributed by atoms with Crippen LogP contribution in [0.15, 0.2) is 54.7 Å². The molecule has 0 aliphatic carbocycles. The lowest BCUT2D eigenvalue weighted by Crippen LogP contribution is -2.44. The molecular formula is C25H31N5. The zero-order valence-corrected chi connectivity index (χ0v) is 18.0. The molecule has 2 atom stereocenters. The molecule has 3 heterocycles. The molecule has 0 amide bonds. The maximum atomic E-state index is 5.11. The van der Waals surface area contributed by atoms with E-state index in [0.717, 1.165) is 56.2 Å². The SMILES string of the molecule is CN(C)[C@H]1CCN(C[C@@]2(c3nccc(-c4ccc5ccccc5c4)n3)CCNC2)C1. The number of rotatable bonds is 5. The molecular weight excluding hydrogens is 370 g/mol. The van der Waals surface area contributed by atoms with Gasteiger partial charge in [-0.2, -0.15) is 0 Å². The number of hydrogen-bond acceptors (Lipinski definition) is 5. The minimum Gasteiger partial charge on any atom is -0.316 e. The predicted octanol–water partition coefficient (Wildman–Crippen LogP) is 3.16. The van der Waals surface area contributed by atoms with E-state index in [1.54, 1.807) is 0 Å². The average Bonchev–Trinajstić information content (AvgIpc) is 3.44. The highest BCUT2D eigenvalue weighted by Crippen LogP contribution is 2.32. The number of benzene rings is 2. The first-order chi connectivity index (χ1) is 14.6. The van der Waals surface area contributed by atoms with Gasteiger partial charge in [-0.1, -0.05) is 36.4 Å². The zero-order chi connectivity index (χ0) is 20.6. The number of nitrogens with zero attached hydrogens (tertiary/aromatic N) is 4. The van der Waals surface area contributed by atoms with E-state index in [1.165, 1.54) is 17.2 Å². The second-order valence-corrected chi connectivity index (χ2v) is 9.18. The summed E-state index contributed by atoms with van der Waals surface area (Å²) < 4.78 is 0. The van der Waals surface area contributed by atoms with Gasteiger partial charge in [0.05, 0.1) is 11.1 Å². The van der Waals surface area contributed by atoms with Crippen molar-refractivity contribution in [1.82, 2.24) is 25.1 Å². The fourth-order valence-electron chi connectivity index (χ4n) is 5.07. The van der Waals surface area contributed by atoms with E-state index in [1.807, 2.05) is 12.3 Å². The summed E-state index contributed by atoms with van der Waals surface area (Å²) in [7, 11) is 4.38. The van der Waals surface area contributed by atoms with Crippen LogP contribution in [-0.4, -0.2) is 72.6 Å². The van der Waals surface area contributed by atoms with Crippen LogP contribution in [0, 0.1) is 0 Å². The number of hydrogen-bond donors (Lipinski definition) is 1. The van der Waals surface area contributed by atoms with Gasteiger partial charge in [-0.15, -0.1) is 0 Å². The van der Waals surface area contributed by atoms with Crippen LogP contribution in [0.4, 0.5) is 0 Å².